The molecule has 24 heavy (non-hydrogen) atoms. The monoisotopic (exact) mass is 341 g/mol. The lowest BCUT2D eigenvalue weighted by atomic mass is 10.1. The molecule has 3 N–H and O–H groups in total. The Kier molecular flexibility index (Phi) is 4.40. The van der Waals surface area contributed by atoms with Gasteiger partial charge in [0.2, 0.25) is 0 Å². The van der Waals surface area contributed by atoms with E-state index in [1.165, 1.54) is 5.56 Å². The molecule has 124 valence electrons. The second-order valence-corrected chi connectivity index (χ2v) is 6.15. The zero-order valence-electron chi connectivity index (χ0n) is 13.6. The van der Waals surface area contributed by atoms with Gasteiger partial charge in [0.15, 0.2) is 11.2 Å². The van der Waals surface area contributed by atoms with E-state index in [1.807, 2.05) is 42.2 Å². The van der Waals surface area contributed by atoms with Gasteiger partial charge in [-0.2, -0.15) is 0 Å². The van der Waals surface area contributed by atoms with Crippen molar-refractivity contribution in [1.82, 2.24) is 0 Å². The number of ether oxygens (including phenoxy) is 1. The molecule has 1 unspecified atom stereocenters. The summed E-state index contributed by atoms with van der Waals surface area (Å²) < 4.78 is 5.66. The van der Waals surface area contributed by atoms with Gasteiger partial charge in [-0.1, -0.05) is 24.3 Å². The molecule has 1 amide bonds. The number of benzene rings is 2. The van der Waals surface area contributed by atoms with Gasteiger partial charge in [-0.05, 0) is 55.4 Å². The van der Waals surface area contributed by atoms with Crippen molar-refractivity contribution < 1.29 is 9.53 Å². The molecule has 5 nitrogen and oxygen atoms in total. The highest BCUT2D eigenvalue weighted by molar-refractivity contribution is 7.80. The van der Waals surface area contributed by atoms with Gasteiger partial charge in [-0.15, -0.1) is 0 Å². The van der Waals surface area contributed by atoms with Crippen molar-refractivity contribution in [2.45, 2.75) is 20.0 Å². The van der Waals surface area contributed by atoms with Crippen molar-refractivity contribution in [2.24, 2.45) is 5.73 Å². The van der Waals surface area contributed by atoms with Gasteiger partial charge in [-0.25, -0.2) is 0 Å². The minimum absolute atomic E-state index is 0.281. The average Bonchev–Trinajstić information content (AvgIpc) is 2.57. The van der Waals surface area contributed by atoms with Gasteiger partial charge in [-0.3, -0.25) is 4.79 Å². The quantitative estimate of drug-likeness (QED) is 0.822. The number of hydrogen-bond donors (Lipinski definition) is 2. The molecule has 0 spiro atoms. The summed E-state index contributed by atoms with van der Waals surface area (Å²) in [6.45, 7) is 4.37. The summed E-state index contributed by atoms with van der Waals surface area (Å²) in [5.41, 5.74) is 9.50. The molecule has 1 atom stereocenters. The van der Waals surface area contributed by atoms with Crippen LogP contribution in [0.5, 0.6) is 5.75 Å². The third-order valence-electron chi connectivity index (χ3n) is 4.18. The summed E-state index contributed by atoms with van der Waals surface area (Å²) >= 11 is 5.58. The van der Waals surface area contributed by atoms with E-state index in [2.05, 4.69) is 18.3 Å². The van der Waals surface area contributed by atoms with Crippen molar-refractivity contribution in [3.63, 3.8) is 0 Å². The number of para-hydroxylation sites is 2. The van der Waals surface area contributed by atoms with Gasteiger partial charge < -0.3 is 20.7 Å². The molecule has 3 rings (SSSR count). The molecule has 1 aliphatic rings. The second-order valence-electron chi connectivity index (χ2n) is 5.76. The summed E-state index contributed by atoms with van der Waals surface area (Å²) in [4.78, 5) is 13.4. The number of fused-ring (bicyclic) bond motifs is 1. The van der Waals surface area contributed by atoms with Crippen LogP contribution < -0.4 is 20.7 Å². The van der Waals surface area contributed by atoms with Crippen molar-refractivity contribution in [1.29, 1.82) is 0 Å². The SMILES string of the molecule is Cc1cccc(NC(=S)N2CC(C(N)=O)Oc3ccccc32)c1C. The fourth-order valence-corrected chi connectivity index (χ4v) is 2.93. The number of carbonyl (C=O) groups excluding carboxylic acids is 1. The highest BCUT2D eigenvalue weighted by atomic mass is 32.1. The van der Waals surface area contributed by atoms with Gasteiger partial charge in [0, 0.05) is 5.69 Å². The number of carbonyl (C=O) groups is 1. The number of nitrogens with one attached hydrogen (secondary N) is 1. The van der Waals surface area contributed by atoms with Crippen LogP contribution in [0, 0.1) is 13.8 Å². The van der Waals surface area contributed by atoms with E-state index >= 15 is 0 Å². The maximum absolute atomic E-state index is 11.6. The Morgan fingerprint density at radius 2 is 2.00 bits per heavy atom. The Morgan fingerprint density at radius 3 is 2.75 bits per heavy atom. The van der Waals surface area contributed by atoms with Crippen LogP contribution in [0.4, 0.5) is 11.4 Å². The molecular formula is C18H19N3O2S. The van der Waals surface area contributed by atoms with Crippen LogP contribution in [-0.4, -0.2) is 23.7 Å². The Bertz CT molecular complexity index is 807. The fraction of sp³-hybridized carbons (Fsp3) is 0.222. The smallest absolute Gasteiger partial charge is 0.260 e. The first-order valence-corrected chi connectivity index (χ1v) is 8.08. The predicted molar refractivity (Wildman–Crippen MR) is 99.5 cm³/mol. The molecule has 1 heterocycles. The number of primary amides is 1. The Hall–Kier alpha value is -2.60. The Morgan fingerprint density at radius 1 is 1.25 bits per heavy atom. The standard InChI is InChI=1S/C18H19N3O2S/c1-11-6-5-7-13(12(11)2)20-18(24)21-10-16(17(19)22)23-15-9-4-3-8-14(15)21/h3-9,16H,10H2,1-2H3,(H2,19,22)(H,20,24). The van der Waals surface area contributed by atoms with Gasteiger partial charge >= 0.3 is 0 Å². The lowest BCUT2D eigenvalue weighted by Gasteiger charge is -2.35. The predicted octanol–water partition coefficient (Wildman–Crippen LogP) is 2.75. The first-order valence-electron chi connectivity index (χ1n) is 7.67. The van der Waals surface area contributed by atoms with Crippen molar-refractivity contribution >= 4 is 34.6 Å². The molecule has 0 aromatic heterocycles. The van der Waals surface area contributed by atoms with Crippen LogP contribution >= 0.6 is 12.2 Å². The summed E-state index contributed by atoms with van der Waals surface area (Å²) in [5, 5.41) is 3.78. The highest BCUT2D eigenvalue weighted by Crippen LogP contribution is 2.33. The molecule has 0 fully saturated rings. The molecule has 2 aromatic rings. The molecule has 0 radical (unpaired) electrons. The maximum atomic E-state index is 11.6. The lowest BCUT2D eigenvalue weighted by molar-refractivity contribution is -0.124. The Labute approximate surface area is 146 Å². The van der Waals surface area contributed by atoms with Crippen LogP contribution in [0.1, 0.15) is 11.1 Å². The van der Waals surface area contributed by atoms with Crippen LogP contribution in [0.3, 0.4) is 0 Å². The lowest BCUT2D eigenvalue weighted by Crippen LogP contribution is -2.50. The topological polar surface area (TPSA) is 67.6 Å². The number of anilines is 2. The summed E-state index contributed by atoms with van der Waals surface area (Å²) in [5.74, 6) is 0.0849. The normalized spacial score (nSPS) is 16.1. The van der Waals surface area contributed by atoms with Gasteiger partial charge in [0.25, 0.3) is 5.91 Å². The number of thiocarbonyl (C=S) groups is 1. The third kappa shape index (κ3) is 3.05. The molecule has 2 aromatic carbocycles. The van der Waals surface area contributed by atoms with Gasteiger partial charge in [0.05, 0.1) is 12.2 Å². The van der Waals surface area contributed by atoms with E-state index in [9.17, 15) is 4.79 Å². The van der Waals surface area contributed by atoms with E-state index < -0.39 is 12.0 Å². The zero-order chi connectivity index (χ0) is 17.3. The van der Waals surface area contributed by atoms with Crippen molar-refractivity contribution in [3.8, 4) is 5.75 Å². The maximum Gasteiger partial charge on any atom is 0.260 e. The van der Waals surface area contributed by atoms with Crippen molar-refractivity contribution in [2.75, 3.05) is 16.8 Å². The van der Waals surface area contributed by atoms with Crippen LogP contribution in [0.25, 0.3) is 0 Å². The summed E-state index contributed by atoms with van der Waals surface area (Å²) in [6.07, 6.45) is -0.738. The molecule has 0 saturated heterocycles. The molecule has 0 bridgehead atoms. The Balaban J connectivity index is 1.91. The number of nitrogens with two attached hydrogens (primary N) is 1. The summed E-state index contributed by atoms with van der Waals surface area (Å²) in [6, 6.07) is 13.5. The van der Waals surface area contributed by atoms with E-state index in [1.54, 1.807) is 6.07 Å². The molecule has 0 saturated carbocycles. The zero-order valence-corrected chi connectivity index (χ0v) is 14.4. The average molecular weight is 341 g/mol. The van der Waals surface area contributed by atoms with E-state index in [0.717, 1.165) is 16.9 Å². The van der Waals surface area contributed by atoms with Gasteiger partial charge in [0.1, 0.15) is 5.75 Å². The molecule has 1 aliphatic heterocycles. The number of nitrogens with zero attached hydrogens (tertiary/aromatic N) is 1. The minimum atomic E-state index is -0.738. The van der Waals surface area contributed by atoms with E-state index in [0.29, 0.717) is 10.9 Å². The number of rotatable bonds is 2. The highest BCUT2D eigenvalue weighted by Gasteiger charge is 2.31. The largest absolute Gasteiger partial charge is 0.477 e. The first-order chi connectivity index (χ1) is 11.5. The third-order valence-corrected chi connectivity index (χ3v) is 4.50. The molecule has 0 aliphatic carbocycles. The van der Waals surface area contributed by atoms with Crippen LogP contribution in [0.15, 0.2) is 42.5 Å². The number of amides is 1. The van der Waals surface area contributed by atoms with Crippen LogP contribution in [-0.2, 0) is 4.79 Å². The summed E-state index contributed by atoms with van der Waals surface area (Å²) in [7, 11) is 0. The fourth-order valence-electron chi connectivity index (χ4n) is 2.64. The molecule has 6 heteroatoms. The minimum Gasteiger partial charge on any atom is -0.477 e. The van der Waals surface area contributed by atoms with E-state index in [4.69, 9.17) is 22.7 Å². The number of hydrogen-bond acceptors (Lipinski definition) is 3. The molecular weight excluding hydrogens is 322 g/mol. The van der Waals surface area contributed by atoms with E-state index in [-0.39, 0.29) is 6.54 Å². The van der Waals surface area contributed by atoms with Crippen molar-refractivity contribution in [3.05, 3.63) is 53.6 Å². The second kappa shape index (κ2) is 6.49. The first kappa shape index (κ1) is 16.3. The van der Waals surface area contributed by atoms with Crippen LogP contribution in [0.2, 0.25) is 0 Å². The number of aryl methyl sites for hydroxylation is 1.